The van der Waals surface area contributed by atoms with Gasteiger partial charge in [-0.1, -0.05) is 0 Å². The minimum Gasteiger partial charge on any atom is -0.547 e. The maximum absolute atomic E-state index is 10.5. The van der Waals surface area contributed by atoms with Crippen molar-refractivity contribution in [3.05, 3.63) is 0 Å². The maximum atomic E-state index is 10.5. The second kappa shape index (κ2) is 27.5. The van der Waals surface area contributed by atoms with Gasteiger partial charge < -0.3 is 70.1 Å². The summed E-state index contributed by atoms with van der Waals surface area (Å²) >= 11 is 0.149. The van der Waals surface area contributed by atoms with Gasteiger partial charge in [-0.25, -0.2) is 0 Å². The molecule has 0 saturated carbocycles. The summed E-state index contributed by atoms with van der Waals surface area (Å²) in [5, 5.41) is 92.9. The summed E-state index contributed by atoms with van der Waals surface area (Å²) in [6.07, 6.45) is -8.28. The molecule has 8 atom stereocenters. The largest absolute Gasteiger partial charge is 0.547 e. The number of hydrogen-bond acceptors (Lipinski definition) is 14. The number of carboxylic acids is 2. The van der Waals surface area contributed by atoms with Crippen LogP contribution in [0.4, 0.5) is 0 Å². The first-order chi connectivity index (χ1) is 18.3. The molecule has 0 aromatic heterocycles. The zero-order valence-corrected chi connectivity index (χ0v) is 26.1. The second-order valence-corrected chi connectivity index (χ2v) is 12.6. The van der Waals surface area contributed by atoms with E-state index >= 15 is 0 Å². The molecule has 0 aromatic rings. The summed E-state index contributed by atoms with van der Waals surface area (Å²) in [6.45, 7) is 5.97. The topological polar surface area (TPSA) is 261 Å². The average molecular weight is 679 g/mol. The van der Waals surface area contributed by atoms with Crippen LogP contribution in [-0.4, -0.2) is 149 Å². The van der Waals surface area contributed by atoms with E-state index in [-0.39, 0.29) is 34.4 Å². The van der Waals surface area contributed by atoms with Gasteiger partial charge in [0.05, 0.1) is 25.2 Å². The van der Waals surface area contributed by atoms with Crippen LogP contribution in [0.5, 0.6) is 0 Å². The van der Waals surface area contributed by atoms with Crippen LogP contribution in [0.25, 0.3) is 0 Å². The van der Waals surface area contributed by atoms with Crippen molar-refractivity contribution < 1.29 is 70.1 Å². The van der Waals surface area contributed by atoms with Gasteiger partial charge in [-0.3, -0.25) is 0 Å². The molecule has 0 aliphatic carbocycles. The molecule has 0 fully saturated rings. The Kier molecular flexibility index (Phi) is 30.2. The van der Waals surface area contributed by atoms with Gasteiger partial charge >= 0.3 is 69.5 Å². The molecule has 232 valence electrons. The van der Waals surface area contributed by atoms with Crippen molar-refractivity contribution in [3.63, 3.8) is 0 Å². The van der Waals surface area contributed by atoms with Gasteiger partial charge in [0.2, 0.25) is 0 Å². The summed E-state index contributed by atoms with van der Waals surface area (Å²) in [5.74, 6) is -3.40. The van der Waals surface area contributed by atoms with Crippen molar-refractivity contribution in [3.8, 4) is 0 Å². The van der Waals surface area contributed by atoms with Crippen LogP contribution in [-0.2, 0) is 19.1 Å². The van der Waals surface area contributed by atoms with Crippen LogP contribution in [0.2, 0.25) is 8.87 Å². The number of carbonyl (C=O) groups excluding carboxylic acids is 2. The van der Waals surface area contributed by atoms with Gasteiger partial charge in [0.25, 0.3) is 0 Å². The first-order valence-electron chi connectivity index (χ1n) is 13.0. The molecule has 0 radical (unpaired) electrons. The number of unbranched alkanes of at least 4 members (excludes halogenated alkanes) is 2. The number of rotatable bonds is 20. The van der Waals surface area contributed by atoms with E-state index in [1.807, 2.05) is 0 Å². The van der Waals surface area contributed by atoms with E-state index in [9.17, 15) is 40.2 Å². The Morgan fingerprint density at radius 2 is 0.949 bits per heavy atom. The Morgan fingerprint density at radius 3 is 1.15 bits per heavy atom. The summed E-state index contributed by atoms with van der Waals surface area (Å²) in [6, 6.07) is 0. The molecule has 14 nitrogen and oxygen atoms in total. The van der Waals surface area contributed by atoms with E-state index in [2.05, 4.69) is 23.3 Å². The van der Waals surface area contributed by atoms with Crippen molar-refractivity contribution in [2.24, 2.45) is 0 Å². The summed E-state index contributed by atoms with van der Waals surface area (Å²) in [4.78, 5) is 21.0. The zero-order chi connectivity index (χ0) is 31.0. The SMILES string of the molecule is CCC[CH2][Sn+2][CH2]CCC.CCOC(C(=O)[O-])C(O)C(O)C(O)CO.CCOC(C(=O)[O-])C(O)C(O)C(O)CO. The standard InChI is InChI=1S/2C8H16O7.2C4H9.Sn/c2*1-2-15-7(8(13)14)6(12)5(11)4(10)3-9;2*1-3-4-2;/h2*4-7,9-12H,2-3H2,1H3,(H,13,14);2*1,3-4H2,2H3;/q;;;;+2/p-2. The molecule has 39 heavy (non-hydrogen) atoms. The summed E-state index contributed by atoms with van der Waals surface area (Å²) in [5.41, 5.74) is 0. The molecule has 0 rings (SSSR count). The number of aliphatic hydroxyl groups is 8. The molecule has 0 bridgehead atoms. The van der Waals surface area contributed by atoms with Crippen molar-refractivity contribution in [1.29, 1.82) is 0 Å². The molecular formula is C24H48O14Sn. The molecule has 8 unspecified atom stereocenters. The van der Waals surface area contributed by atoms with Crippen LogP contribution in [0.15, 0.2) is 0 Å². The number of carboxylic acid groups (broad SMARTS) is 2. The van der Waals surface area contributed by atoms with Gasteiger partial charge in [0.1, 0.15) is 48.8 Å². The summed E-state index contributed by atoms with van der Waals surface area (Å²) in [7, 11) is 0. The maximum Gasteiger partial charge on any atom is 0.125 e. The third-order valence-electron chi connectivity index (χ3n) is 5.05. The molecule has 8 N–H and O–H groups in total. The quantitative estimate of drug-likeness (QED) is 0.0446. The van der Waals surface area contributed by atoms with Crippen molar-refractivity contribution in [2.75, 3.05) is 26.4 Å². The molecule has 0 amide bonds. The average Bonchev–Trinajstić information content (AvgIpc) is 2.92. The molecule has 0 aliphatic heterocycles. The van der Waals surface area contributed by atoms with Crippen molar-refractivity contribution >= 4 is 33.1 Å². The Morgan fingerprint density at radius 1 is 0.641 bits per heavy atom. The van der Waals surface area contributed by atoms with E-state index in [0.29, 0.717) is 0 Å². The molecule has 0 saturated heterocycles. The monoisotopic (exact) mass is 680 g/mol. The van der Waals surface area contributed by atoms with Crippen molar-refractivity contribution in [2.45, 2.75) is 111 Å². The van der Waals surface area contributed by atoms with E-state index in [4.69, 9.17) is 20.4 Å². The van der Waals surface area contributed by atoms with Gasteiger partial charge in [0, 0.05) is 13.2 Å². The number of aliphatic hydroxyl groups excluding tert-OH is 8. The Labute approximate surface area is 240 Å². The van der Waals surface area contributed by atoms with Crippen LogP contribution in [0.3, 0.4) is 0 Å². The predicted octanol–water partition coefficient (Wildman–Crippen LogP) is -4.44. The van der Waals surface area contributed by atoms with E-state index in [1.165, 1.54) is 39.5 Å². The van der Waals surface area contributed by atoms with Crippen LogP contribution < -0.4 is 10.2 Å². The van der Waals surface area contributed by atoms with Gasteiger partial charge in [0.15, 0.2) is 0 Å². The first-order valence-corrected chi connectivity index (χ1v) is 17.0. The molecule has 0 aromatic carbocycles. The van der Waals surface area contributed by atoms with Crippen LogP contribution in [0, 0.1) is 0 Å². The second-order valence-electron chi connectivity index (χ2n) is 8.31. The molecular weight excluding hydrogens is 631 g/mol. The van der Waals surface area contributed by atoms with Gasteiger partial charge in [-0.05, 0) is 13.8 Å². The van der Waals surface area contributed by atoms with Crippen LogP contribution in [0.1, 0.15) is 53.4 Å². The third kappa shape index (κ3) is 20.8. The Balaban J connectivity index is -0.000000516. The van der Waals surface area contributed by atoms with E-state index < -0.39 is 74.0 Å². The van der Waals surface area contributed by atoms with Crippen LogP contribution >= 0.6 is 0 Å². The third-order valence-corrected chi connectivity index (χ3v) is 9.09. The molecule has 15 heteroatoms. The fourth-order valence-electron chi connectivity index (χ4n) is 2.73. The minimum absolute atomic E-state index is 0.00233. The predicted molar refractivity (Wildman–Crippen MR) is 136 cm³/mol. The number of ether oxygens (including phenoxy) is 2. The normalized spacial score (nSPS) is 16.9. The molecule has 0 heterocycles. The first kappa shape index (κ1) is 42.8. The van der Waals surface area contributed by atoms with E-state index in [1.54, 1.807) is 8.87 Å². The fraction of sp³-hybridized carbons (Fsp3) is 0.917. The van der Waals surface area contributed by atoms with Gasteiger partial charge in [-0.2, -0.15) is 0 Å². The Bertz CT molecular complexity index is 537. The van der Waals surface area contributed by atoms with Gasteiger partial charge in [-0.15, -0.1) is 0 Å². The summed E-state index contributed by atoms with van der Waals surface area (Å²) < 4.78 is 12.5. The van der Waals surface area contributed by atoms with E-state index in [0.717, 1.165) is 0 Å². The number of aliphatic carboxylic acids is 2. The number of carbonyl (C=O) groups is 2. The fourth-order valence-corrected chi connectivity index (χ4v) is 6.89. The Hall–Kier alpha value is -0.661. The number of hydrogen-bond donors (Lipinski definition) is 8. The minimum atomic E-state index is -1.86. The zero-order valence-electron chi connectivity index (χ0n) is 23.2. The molecule has 0 spiro atoms. The molecule has 0 aliphatic rings. The smallest absolute Gasteiger partial charge is 0.125 e. The van der Waals surface area contributed by atoms with Crippen molar-refractivity contribution in [1.82, 2.24) is 0 Å².